The number of carbonyl (C=O) groups is 2. The first kappa shape index (κ1) is 19.1. The summed E-state index contributed by atoms with van der Waals surface area (Å²) in [5, 5.41) is 7.87. The molecule has 0 fully saturated rings. The summed E-state index contributed by atoms with van der Waals surface area (Å²) in [5.41, 5.74) is 10.9. The van der Waals surface area contributed by atoms with E-state index in [4.69, 9.17) is 5.73 Å². The molecular weight excluding hydrogens is 390 g/mol. The second-order valence-electron chi connectivity index (χ2n) is 7.76. The van der Waals surface area contributed by atoms with Gasteiger partial charge in [0.05, 0.1) is 5.52 Å². The molecule has 1 aliphatic heterocycles. The Morgan fingerprint density at radius 2 is 2.06 bits per heavy atom. The van der Waals surface area contributed by atoms with Gasteiger partial charge in [-0.3, -0.25) is 9.59 Å². The number of nitrogens with one attached hydrogen (secondary N) is 2. The third kappa shape index (κ3) is 3.28. The number of nitrogen functional groups attached to an aromatic ring is 1. The smallest absolute Gasteiger partial charge is 0.268 e. The SMILES string of the molecule is CCn1c2c(c3cc(C(=O)NCc4ccc5nc(N)ccc5c4)ccc31)CCNC2=O. The Morgan fingerprint density at radius 3 is 2.90 bits per heavy atom. The number of hydrogen-bond acceptors (Lipinski definition) is 4. The zero-order valence-electron chi connectivity index (χ0n) is 17.2. The quantitative estimate of drug-likeness (QED) is 0.479. The van der Waals surface area contributed by atoms with E-state index in [1.54, 1.807) is 6.07 Å². The zero-order valence-corrected chi connectivity index (χ0v) is 17.2. The van der Waals surface area contributed by atoms with Crippen LogP contribution in [0.1, 0.15) is 38.9 Å². The van der Waals surface area contributed by atoms with Crippen molar-refractivity contribution in [1.29, 1.82) is 0 Å². The van der Waals surface area contributed by atoms with Gasteiger partial charge in [0, 0.05) is 41.5 Å². The van der Waals surface area contributed by atoms with Gasteiger partial charge < -0.3 is 20.9 Å². The molecule has 4 N–H and O–H groups in total. The predicted octanol–water partition coefficient (Wildman–Crippen LogP) is 3.01. The topological polar surface area (TPSA) is 102 Å². The molecule has 0 aliphatic carbocycles. The standard InChI is InChI=1S/C24H23N5O2/c1-2-29-20-7-4-16(12-18(20)17-9-10-26-24(31)22(17)29)23(30)27-13-14-3-6-19-15(11-14)5-8-21(25)28-19/h3-8,11-12H,2,9-10,13H2,1H3,(H2,25,28)(H,26,31)(H,27,30). The van der Waals surface area contributed by atoms with Crippen LogP contribution in [0.5, 0.6) is 0 Å². The molecular formula is C24H23N5O2. The second kappa shape index (κ2) is 7.43. The molecule has 0 atom stereocenters. The molecule has 1 aliphatic rings. The molecule has 2 amide bonds. The molecule has 0 spiro atoms. The summed E-state index contributed by atoms with van der Waals surface area (Å²) in [6, 6.07) is 15.2. The average Bonchev–Trinajstić information content (AvgIpc) is 3.11. The number of benzene rings is 2. The number of aromatic nitrogens is 2. The fourth-order valence-electron chi connectivity index (χ4n) is 4.38. The van der Waals surface area contributed by atoms with Crippen LogP contribution in [-0.2, 0) is 19.5 Å². The Bertz CT molecular complexity index is 1360. The van der Waals surface area contributed by atoms with Crippen molar-refractivity contribution < 1.29 is 9.59 Å². The van der Waals surface area contributed by atoms with Crippen LogP contribution in [-0.4, -0.2) is 27.9 Å². The molecule has 3 heterocycles. The molecule has 7 heteroatoms. The summed E-state index contributed by atoms with van der Waals surface area (Å²) >= 11 is 0. The van der Waals surface area contributed by atoms with E-state index in [0.717, 1.165) is 39.4 Å². The van der Waals surface area contributed by atoms with Gasteiger partial charge in [-0.2, -0.15) is 0 Å². The first-order valence-corrected chi connectivity index (χ1v) is 10.4. The Balaban J connectivity index is 1.41. The number of rotatable bonds is 4. The highest BCUT2D eigenvalue weighted by atomic mass is 16.2. The van der Waals surface area contributed by atoms with Gasteiger partial charge in [0.1, 0.15) is 11.5 Å². The van der Waals surface area contributed by atoms with E-state index in [0.29, 0.717) is 36.7 Å². The van der Waals surface area contributed by atoms with Crippen LogP contribution < -0.4 is 16.4 Å². The fourth-order valence-corrected chi connectivity index (χ4v) is 4.38. The molecule has 4 aromatic rings. The molecule has 31 heavy (non-hydrogen) atoms. The third-order valence-corrected chi connectivity index (χ3v) is 5.85. The van der Waals surface area contributed by atoms with Crippen molar-refractivity contribution in [2.24, 2.45) is 0 Å². The van der Waals surface area contributed by atoms with Gasteiger partial charge in [-0.05, 0) is 66.9 Å². The fraction of sp³-hybridized carbons (Fsp3) is 0.208. The minimum absolute atomic E-state index is 0.0437. The van der Waals surface area contributed by atoms with Crippen LogP contribution in [0.25, 0.3) is 21.8 Å². The first-order chi connectivity index (χ1) is 15.0. The van der Waals surface area contributed by atoms with E-state index in [2.05, 4.69) is 15.6 Å². The Labute approximate surface area is 179 Å². The predicted molar refractivity (Wildman–Crippen MR) is 121 cm³/mol. The van der Waals surface area contributed by atoms with Gasteiger partial charge >= 0.3 is 0 Å². The molecule has 0 saturated heterocycles. The molecule has 2 aromatic carbocycles. The lowest BCUT2D eigenvalue weighted by Gasteiger charge is -2.15. The lowest BCUT2D eigenvalue weighted by Crippen LogP contribution is -2.33. The van der Waals surface area contributed by atoms with Gasteiger partial charge in [0.15, 0.2) is 0 Å². The lowest BCUT2D eigenvalue weighted by molar-refractivity contribution is 0.0933. The number of fused-ring (bicyclic) bond motifs is 4. The molecule has 0 saturated carbocycles. The number of anilines is 1. The largest absolute Gasteiger partial charge is 0.384 e. The van der Waals surface area contributed by atoms with E-state index in [1.165, 1.54) is 0 Å². The van der Waals surface area contributed by atoms with Crippen LogP contribution in [0.15, 0.2) is 48.5 Å². The highest BCUT2D eigenvalue weighted by Crippen LogP contribution is 2.29. The van der Waals surface area contributed by atoms with E-state index < -0.39 is 0 Å². The second-order valence-corrected chi connectivity index (χ2v) is 7.76. The van der Waals surface area contributed by atoms with Crippen LogP contribution in [0.3, 0.4) is 0 Å². The Morgan fingerprint density at radius 1 is 1.19 bits per heavy atom. The Kier molecular flexibility index (Phi) is 4.58. The van der Waals surface area contributed by atoms with Crippen LogP contribution in [0.4, 0.5) is 5.82 Å². The van der Waals surface area contributed by atoms with Crippen LogP contribution >= 0.6 is 0 Å². The van der Waals surface area contributed by atoms with E-state index in [1.807, 2.05) is 54.0 Å². The average molecular weight is 413 g/mol. The maximum Gasteiger partial charge on any atom is 0.268 e. The number of carbonyl (C=O) groups excluding carboxylic acids is 2. The molecule has 0 bridgehead atoms. The van der Waals surface area contributed by atoms with Gasteiger partial charge in [0.25, 0.3) is 11.8 Å². The lowest BCUT2D eigenvalue weighted by atomic mass is 10.0. The van der Waals surface area contributed by atoms with Gasteiger partial charge in [-0.15, -0.1) is 0 Å². The first-order valence-electron chi connectivity index (χ1n) is 10.4. The number of amides is 2. The van der Waals surface area contributed by atoms with Gasteiger partial charge in [0.2, 0.25) is 0 Å². The molecule has 0 radical (unpaired) electrons. The van der Waals surface area contributed by atoms with E-state index >= 15 is 0 Å². The monoisotopic (exact) mass is 413 g/mol. The molecule has 156 valence electrons. The molecule has 2 aromatic heterocycles. The third-order valence-electron chi connectivity index (χ3n) is 5.85. The van der Waals surface area contributed by atoms with Crippen molar-refractivity contribution in [3.8, 4) is 0 Å². The maximum atomic E-state index is 12.9. The van der Waals surface area contributed by atoms with E-state index in [9.17, 15) is 9.59 Å². The molecule has 5 rings (SSSR count). The number of pyridine rings is 1. The maximum absolute atomic E-state index is 12.9. The summed E-state index contributed by atoms with van der Waals surface area (Å²) in [7, 11) is 0. The molecule has 0 unspecified atom stereocenters. The number of hydrogen-bond donors (Lipinski definition) is 3. The summed E-state index contributed by atoms with van der Waals surface area (Å²) in [4.78, 5) is 29.6. The minimum Gasteiger partial charge on any atom is -0.384 e. The van der Waals surface area contributed by atoms with Gasteiger partial charge in [-0.1, -0.05) is 6.07 Å². The van der Waals surface area contributed by atoms with Crippen molar-refractivity contribution in [2.75, 3.05) is 12.3 Å². The van der Waals surface area contributed by atoms with Crippen LogP contribution in [0.2, 0.25) is 0 Å². The highest BCUT2D eigenvalue weighted by molar-refractivity contribution is 6.05. The van der Waals surface area contributed by atoms with Crippen molar-refractivity contribution in [3.05, 3.63) is 70.9 Å². The van der Waals surface area contributed by atoms with Crippen molar-refractivity contribution in [3.63, 3.8) is 0 Å². The molecule has 7 nitrogen and oxygen atoms in total. The normalized spacial score (nSPS) is 13.3. The zero-order chi connectivity index (χ0) is 21.5. The van der Waals surface area contributed by atoms with Gasteiger partial charge in [-0.25, -0.2) is 4.98 Å². The van der Waals surface area contributed by atoms with Crippen molar-refractivity contribution >= 4 is 39.4 Å². The Hall–Kier alpha value is -3.87. The number of nitrogens with zero attached hydrogens (tertiary/aromatic N) is 2. The highest BCUT2D eigenvalue weighted by Gasteiger charge is 2.25. The summed E-state index contributed by atoms with van der Waals surface area (Å²) < 4.78 is 2.02. The minimum atomic E-state index is -0.143. The van der Waals surface area contributed by atoms with Crippen molar-refractivity contribution in [1.82, 2.24) is 20.2 Å². The van der Waals surface area contributed by atoms with E-state index in [-0.39, 0.29) is 11.8 Å². The summed E-state index contributed by atoms with van der Waals surface area (Å²) in [6.07, 6.45) is 0.769. The van der Waals surface area contributed by atoms with Crippen molar-refractivity contribution in [2.45, 2.75) is 26.4 Å². The number of nitrogens with two attached hydrogens (primary N) is 1. The number of aryl methyl sites for hydroxylation is 1. The summed E-state index contributed by atoms with van der Waals surface area (Å²) in [5.74, 6) is 0.300. The van der Waals surface area contributed by atoms with Crippen LogP contribution in [0, 0.1) is 0 Å². The summed E-state index contributed by atoms with van der Waals surface area (Å²) in [6.45, 7) is 3.75.